The van der Waals surface area contributed by atoms with E-state index in [0.29, 0.717) is 6.04 Å². The highest BCUT2D eigenvalue weighted by molar-refractivity contribution is 5.48. The van der Waals surface area contributed by atoms with Gasteiger partial charge in [-0.3, -0.25) is 0 Å². The van der Waals surface area contributed by atoms with Crippen LogP contribution in [0.1, 0.15) is 38.8 Å². The van der Waals surface area contributed by atoms with Crippen LogP contribution < -0.4 is 10.2 Å². The molecule has 18 heavy (non-hydrogen) atoms. The first-order valence-corrected chi connectivity index (χ1v) is 6.73. The second-order valence-corrected chi connectivity index (χ2v) is 5.08. The summed E-state index contributed by atoms with van der Waals surface area (Å²) in [4.78, 5) is 2.22. The highest BCUT2D eigenvalue weighted by Gasteiger charge is 2.05. The quantitative estimate of drug-likeness (QED) is 0.737. The van der Waals surface area contributed by atoms with Crippen LogP contribution in [0.2, 0.25) is 0 Å². The Balaban J connectivity index is 2.64. The Hall–Kier alpha value is -1.28. The highest BCUT2D eigenvalue weighted by Crippen LogP contribution is 2.18. The van der Waals surface area contributed by atoms with Crippen molar-refractivity contribution in [3.63, 3.8) is 0 Å². The summed E-state index contributed by atoms with van der Waals surface area (Å²) in [5.41, 5.74) is 3.76. The van der Waals surface area contributed by atoms with E-state index >= 15 is 0 Å². The largest absolute Gasteiger partial charge is 0.371 e. The van der Waals surface area contributed by atoms with E-state index in [2.05, 4.69) is 68.9 Å². The highest BCUT2D eigenvalue weighted by atomic mass is 15.1. The molecule has 0 heterocycles. The fourth-order valence-corrected chi connectivity index (χ4v) is 1.99. The van der Waals surface area contributed by atoms with Crippen LogP contribution in [0, 0.1) is 0 Å². The summed E-state index contributed by atoms with van der Waals surface area (Å²) in [6.45, 7) is 12.4. The van der Waals surface area contributed by atoms with Gasteiger partial charge in [0.15, 0.2) is 0 Å². The molecule has 0 radical (unpaired) electrons. The van der Waals surface area contributed by atoms with Gasteiger partial charge in [0.2, 0.25) is 0 Å². The minimum absolute atomic E-state index is 0.422. The third-order valence-corrected chi connectivity index (χ3v) is 3.04. The molecule has 0 aromatic heterocycles. The lowest BCUT2D eigenvalue weighted by Crippen LogP contribution is -2.20. The van der Waals surface area contributed by atoms with E-state index in [1.807, 2.05) is 0 Å². The first-order chi connectivity index (χ1) is 8.54. The Kier molecular flexibility index (Phi) is 5.93. The molecule has 0 aliphatic rings. The smallest absolute Gasteiger partial charge is 0.0380 e. The van der Waals surface area contributed by atoms with Crippen LogP contribution in [-0.2, 0) is 0 Å². The number of hydrogen-bond donors (Lipinski definition) is 1. The molecule has 0 spiro atoms. The maximum Gasteiger partial charge on any atom is 0.0380 e. The van der Waals surface area contributed by atoms with E-state index in [-0.39, 0.29) is 0 Å². The topological polar surface area (TPSA) is 15.3 Å². The Morgan fingerprint density at radius 2 is 1.94 bits per heavy atom. The molecule has 0 fully saturated rings. The molecule has 1 unspecified atom stereocenters. The van der Waals surface area contributed by atoms with E-state index in [0.717, 1.165) is 13.1 Å². The SMILES string of the molecule is C=C(C)CN(C)c1ccc(C(C)NCCC)cc1. The molecule has 0 aliphatic carbocycles. The maximum atomic E-state index is 3.95. The van der Waals surface area contributed by atoms with Gasteiger partial charge >= 0.3 is 0 Å². The van der Waals surface area contributed by atoms with Gasteiger partial charge in [0.05, 0.1) is 0 Å². The maximum absolute atomic E-state index is 3.95. The number of nitrogens with one attached hydrogen (secondary N) is 1. The standard InChI is InChI=1S/C16H26N2/c1-6-11-17-14(4)15-7-9-16(10-8-15)18(5)12-13(2)3/h7-10,14,17H,2,6,11-12H2,1,3-5H3. The zero-order valence-electron chi connectivity index (χ0n) is 12.2. The van der Waals surface area contributed by atoms with Crippen LogP contribution in [-0.4, -0.2) is 20.1 Å². The molecule has 1 aromatic carbocycles. The second-order valence-electron chi connectivity index (χ2n) is 5.08. The van der Waals surface area contributed by atoms with Gasteiger partial charge in [0.1, 0.15) is 0 Å². The number of rotatable bonds is 7. The average molecular weight is 246 g/mol. The van der Waals surface area contributed by atoms with E-state index in [4.69, 9.17) is 0 Å². The molecule has 0 saturated carbocycles. The predicted molar refractivity (Wildman–Crippen MR) is 81.2 cm³/mol. The lowest BCUT2D eigenvalue weighted by Gasteiger charge is -2.20. The average Bonchev–Trinajstić information content (AvgIpc) is 2.35. The Morgan fingerprint density at radius 3 is 2.44 bits per heavy atom. The Morgan fingerprint density at radius 1 is 1.33 bits per heavy atom. The van der Waals surface area contributed by atoms with Crippen LogP contribution in [0.25, 0.3) is 0 Å². The van der Waals surface area contributed by atoms with Gasteiger partial charge in [-0.2, -0.15) is 0 Å². The summed E-state index contributed by atoms with van der Waals surface area (Å²) in [5.74, 6) is 0. The molecule has 0 aliphatic heterocycles. The molecule has 2 nitrogen and oxygen atoms in total. The van der Waals surface area contributed by atoms with E-state index in [9.17, 15) is 0 Å². The van der Waals surface area contributed by atoms with Crippen molar-refractivity contribution in [2.75, 3.05) is 25.0 Å². The van der Waals surface area contributed by atoms with E-state index in [1.54, 1.807) is 0 Å². The summed E-state index contributed by atoms with van der Waals surface area (Å²) in [6, 6.07) is 9.20. The zero-order valence-corrected chi connectivity index (χ0v) is 12.2. The molecular weight excluding hydrogens is 220 g/mol. The molecule has 100 valence electrons. The van der Waals surface area contributed by atoms with Gasteiger partial charge in [0.25, 0.3) is 0 Å². The lowest BCUT2D eigenvalue weighted by molar-refractivity contribution is 0.571. The van der Waals surface area contributed by atoms with Gasteiger partial charge < -0.3 is 10.2 Å². The predicted octanol–water partition coefficient (Wildman–Crippen LogP) is 3.76. The molecule has 1 aromatic rings. The minimum atomic E-state index is 0.422. The number of likely N-dealkylation sites (N-methyl/N-ethyl adjacent to an activating group) is 1. The van der Waals surface area contributed by atoms with Crippen LogP contribution in [0.15, 0.2) is 36.4 Å². The Bertz CT molecular complexity index is 367. The van der Waals surface area contributed by atoms with Crippen molar-refractivity contribution >= 4 is 5.69 Å². The van der Waals surface area contributed by atoms with Crippen molar-refractivity contribution in [1.82, 2.24) is 5.32 Å². The molecule has 0 bridgehead atoms. The molecule has 2 heteroatoms. The minimum Gasteiger partial charge on any atom is -0.371 e. The monoisotopic (exact) mass is 246 g/mol. The van der Waals surface area contributed by atoms with E-state index < -0.39 is 0 Å². The number of benzene rings is 1. The molecule has 1 rings (SSSR count). The summed E-state index contributed by atoms with van der Waals surface area (Å²) in [6.07, 6.45) is 1.17. The summed E-state index contributed by atoms with van der Waals surface area (Å²) >= 11 is 0. The first kappa shape index (κ1) is 14.8. The third kappa shape index (κ3) is 4.53. The fraction of sp³-hybridized carbons (Fsp3) is 0.500. The van der Waals surface area contributed by atoms with Crippen molar-refractivity contribution in [2.45, 2.75) is 33.2 Å². The normalized spacial score (nSPS) is 12.2. The van der Waals surface area contributed by atoms with Gasteiger partial charge in [-0.25, -0.2) is 0 Å². The number of anilines is 1. The molecule has 0 saturated heterocycles. The lowest BCUT2D eigenvalue weighted by atomic mass is 10.1. The molecular formula is C16H26N2. The van der Waals surface area contributed by atoms with Crippen molar-refractivity contribution in [2.24, 2.45) is 0 Å². The number of nitrogens with zero attached hydrogens (tertiary/aromatic N) is 1. The molecule has 1 atom stereocenters. The van der Waals surface area contributed by atoms with Gasteiger partial charge in [-0.05, 0) is 44.5 Å². The Labute approximate surface area is 112 Å². The fourth-order valence-electron chi connectivity index (χ4n) is 1.99. The number of hydrogen-bond acceptors (Lipinski definition) is 2. The summed E-state index contributed by atoms with van der Waals surface area (Å²) in [7, 11) is 2.10. The van der Waals surface area contributed by atoms with Crippen LogP contribution in [0.3, 0.4) is 0 Å². The molecule has 1 N–H and O–H groups in total. The third-order valence-electron chi connectivity index (χ3n) is 3.04. The first-order valence-electron chi connectivity index (χ1n) is 6.73. The molecule has 0 amide bonds. The van der Waals surface area contributed by atoms with Crippen molar-refractivity contribution in [1.29, 1.82) is 0 Å². The van der Waals surface area contributed by atoms with E-state index in [1.165, 1.54) is 23.2 Å². The zero-order chi connectivity index (χ0) is 13.5. The summed E-state index contributed by atoms with van der Waals surface area (Å²) < 4.78 is 0. The van der Waals surface area contributed by atoms with Crippen molar-refractivity contribution in [3.05, 3.63) is 42.0 Å². The van der Waals surface area contributed by atoms with Crippen molar-refractivity contribution < 1.29 is 0 Å². The van der Waals surface area contributed by atoms with Crippen molar-refractivity contribution in [3.8, 4) is 0 Å². The van der Waals surface area contributed by atoms with Gasteiger partial charge in [-0.1, -0.05) is 31.2 Å². The summed E-state index contributed by atoms with van der Waals surface area (Å²) in [5, 5.41) is 3.50. The van der Waals surface area contributed by atoms with Crippen LogP contribution in [0.5, 0.6) is 0 Å². The van der Waals surface area contributed by atoms with Gasteiger partial charge in [-0.15, -0.1) is 0 Å². The van der Waals surface area contributed by atoms with Crippen LogP contribution >= 0.6 is 0 Å². The second kappa shape index (κ2) is 7.22. The van der Waals surface area contributed by atoms with Crippen LogP contribution in [0.4, 0.5) is 5.69 Å². The van der Waals surface area contributed by atoms with Gasteiger partial charge in [0, 0.05) is 25.3 Å².